The fraction of sp³-hybridized carbons (Fsp3) is 0.316. The number of nitrogens with zero attached hydrogens (tertiary/aromatic N) is 2. The first kappa shape index (κ1) is 19.4. The second-order valence-electron chi connectivity index (χ2n) is 6.25. The van der Waals surface area contributed by atoms with E-state index in [2.05, 4.69) is 34.3 Å². The van der Waals surface area contributed by atoms with Crippen molar-refractivity contribution in [1.82, 2.24) is 4.90 Å². The monoisotopic (exact) mass is 409 g/mol. The highest BCUT2D eigenvalue weighted by Crippen LogP contribution is 2.30. The molecule has 1 amide bonds. The van der Waals surface area contributed by atoms with E-state index < -0.39 is 0 Å². The van der Waals surface area contributed by atoms with Crippen molar-refractivity contribution in [2.45, 2.75) is 4.90 Å². The van der Waals surface area contributed by atoms with Crippen LogP contribution in [0.5, 0.6) is 0 Å². The van der Waals surface area contributed by atoms with Crippen LogP contribution in [0.25, 0.3) is 0 Å². The van der Waals surface area contributed by atoms with Crippen LogP contribution in [0.15, 0.2) is 47.4 Å². The van der Waals surface area contributed by atoms with Gasteiger partial charge < -0.3 is 15.1 Å². The van der Waals surface area contributed by atoms with Crippen molar-refractivity contribution < 1.29 is 4.79 Å². The number of nitrogens with one attached hydrogen (secondary N) is 1. The normalized spacial score (nSPS) is 15.1. The van der Waals surface area contributed by atoms with Gasteiger partial charge in [-0.15, -0.1) is 11.8 Å². The minimum Gasteiger partial charge on any atom is -0.369 e. The molecule has 1 N–H and O–H groups in total. The third-order valence-electron chi connectivity index (χ3n) is 4.27. The number of likely N-dealkylation sites (N-methyl/N-ethyl adjacent to an activating group) is 1. The van der Waals surface area contributed by atoms with Gasteiger partial charge in [-0.1, -0.05) is 23.2 Å². The fourth-order valence-corrected chi connectivity index (χ4v) is 4.04. The molecule has 2 aromatic rings. The summed E-state index contributed by atoms with van der Waals surface area (Å²) in [5.41, 5.74) is 1.99. The molecule has 0 aliphatic carbocycles. The van der Waals surface area contributed by atoms with Gasteiger partial charge in [0, 0.05) is 47.5 Å². The van der Waals surface area contributed by atoms with Crippen LogP contribution in [-0.2, 0) is 4.79 Å². The number of piperazine rings is 1. The van der Waals surface area contributed by atoms with E-state index in [4.69, 9.17) is 23.2 Å². The highest BCUT2D eigenvalue weighted by Gasteiger charge is 2.14. The average molecular weight is 410 g/mol. The van der Waals surface area contributed by atoms with Crippen molar-refractivity contribution in [3.63, 3.8) is 0 Å². The number of benzene rings is 2. The Morgan fingerprint density at radius 3 is 2.46 bits per heavy atom. The Balaban J connectivity index is 1.52. The molecule has 26 heavy (non-hydrogen) atoms. The summed E-state index contributed by atoms with van der Waals surface area (Å²) in [6.07, 6.45) is 0. The smallest absolute Gasteiger partial charge is 0.234 e. The Kier molecular flexibility index (Phi) is 6.70. The van der Waals surface area contributed by atoms with Crippen LogP contribution in [0, 0.1) is 0 Å². The predicted molar refractivity (Wildman–Crippen MR) is 112 cm³/mol. The van der Waals surface area contributed by atoms with Gasteiger partial charge in [0.25, 0.3) is 0 Å². The first-order valence-electron chi connectivity index (χ1n) is 8.42. The number of anilines is 2. The van der Waals surface area contributed by atoms with E-state index in [0.29, 0.717) is 10.0 Å². The van der Waals surface area contributed by atoms with E-state index in [1.807, 2.05) is 12.1 Å². The van der Waals surface area contributed by atoms with Gasteiger partial charge >= 0.3 is 0 Å². The number of carbonyl (C=O) groups excluding carboxylic acids is 1. The van der Waals surface area contributed by atoms with E-state index in [1.165, 1.54) is 17.4 Å². The predicted octanol–water partition coefficient (Wildman–Crippen LogP) is 4.48. The number of amides is 1. The van der Waals surface area contributed by atoms with Gasteiger partial charge in [0.05, 0.1) is 10.8 Å². The molecule has 0 spiro atoms. The maximum Gasteiger partial charge on any atom is 0.234 e. The number of hydrogen-bond donors (Lipinski definition) is 1. The van der Waals surface area contributed by atoms with Crippen molar-refractivity contribution in [3.8, 4) is 0 Å². The van der Waals surface area contributed by atoms with Crippen molar-refractivity contribution in [2.24, 2.45) is 0 Å². The Hall–Kier alpha value is -1.40. The summed E-state index contributed by atoms with van der Waals surface area (Å²) >= 11 is 13.5. The molecule has 1 aliphatic rings. The standard InChI is InChI=1S/C19H21Cl2N3OS/c1-23-8-10-24(11-9-23)16-5-3-15(4-6-16)22-19(25)13-26-18-12-14(20)2-7-17(18)21/h2-7,12H,8-11,13H2,1H3,(H,22,25). The molecule has 1 saturated heterocycles. The third-order valence-corrected chi connectivity index (χ3v) is 6.00. The second-order valence-corrected chi connectivity index (χ2v) is 8.11. The molecule has 0 radical (unpaired) electrons. The molecule has 1 aliphatic heterocycles. The fourth-order valence-electron chi connectivity index (χ4n) is 2.75. The lowest BCUT2D eigenvalue weighted by Crippen LogP contribution is -2.44. The van der Waals surface area contributed by atoms with Crippen LogP contribution in [0.4, 0.5) is 11.4 Å². The number of rotatable bonds is 5. The molecule has 0 atom stereocenters. The third kappa shape index (κ3) is 5.30. The Labute approximate surface area is 168 Å². The van der Waals surface area contributed by atoms with Gasteiger partial charge in [-0.25, -0.2) is 0 Å². The van der Waals surface area contributed by atoms with Crippen molar-refractivity contribution in [3.05, 3.63) is 52.5 Å². The lowest BCUT2D eigenvalue weighted by atomic mass is 10.2. The van der Waals surface area contributed by atoms with Crippen LogP contribution in [0.2, 0.25) is 10.0 Å². The maximum absolute atomic E-state index is 12.2. The quantitative estimate of drug-likeness (QED) is 0.738. The van der Waals surface area contributed by atoms with E-state index in [-0.39, 0.29) is 11.7 Å². The van der Waals surface area contributed by atoms with Crippen molar-refractivity contribution in [2.75, 3.05) is 49.2 Å². The zero-order chi connectivity index (χ0) is 18.5. The minimum absolute atomic E-state index is 0.0709. The maximum atomic E-state index is 12.2. The first-order valence-corrected chi connectivity index (χ1v) is 10.2. The summed E-state index contributed by atoms with van der Waals surface area (Å²) in [6, 6.07) is 13.2. The molecule has 0 saturated carbocycles. The zero-order valence-corrected chi connectivity index (χ0v) is 16.9. The molecular formula is C19H21Cl2N3OS. The van der Waals surface area contributed by atoms with Gasteiger partial charge in [-0.05, 0) is 49.5 Å². The first-order chi connectivity index (χ1) is 12.5. The summed E-state index contributed by atoms with van der Waals surface area (Å²) < 4.78 is 0. The Morgan fingerprint density at radius 2 is 1.77 bits per heavy atom. The molecule has 1 fully saturated rings. The van der Waals surface area contributed by atoms with Crippen LogP contribution in [0.3, 0.4) is 0 Å². The molecule has 7 heteroatoms. The van der Waals surface area contributed by atoms with Gasteiger partial charge in [-0.2, -0.15) is 0 Å². The van der Waals surface area contributed by atoms with E-state index in [0.717, 1.165) is 36.8 Å². The number of hydrogen-bond acceptors (Lipinski definition) is 4. The molecule has 2 aromatic carbocycles. The number of halogens is 2. The van der Waals surface area contributed by atoms with Crippen LogP contribution < -0.4 is 10.2 Å². The molecule has 138 valence electrons. The summed E-state index contributed by atoms with van der Waals surface area (Å²) in [7, 11) is 2.14. The molecule has 0 aromatic heterocycles. The van der Waals surface area contributed by atoms with E-state index in [9.17, 15) is 4.79 Å². The number of carbonyl (C=O) groups is 1. The van der Waals surface area contributed by atoms with Crippen molar-refractivity contribution in [1.29, 1.82) is 0 Å². The molecule has 0 unspecified atom stereocenters. The minimum atomic E-state index is -0.0709. The SMILES string of the molecule is CN1CCN(c2ccc(NC(=O)CSc3cc(Cl)ccc3Cl)cc2)CC1. The van der Waals surface area contributed by atoms with Crippen LogP contribution >= 0.6 is 35.0 Å². The summed E-state index contributed by atoms with van der Waals surface area (Å²) in [5.74, 6) is 0.207. The highest BCUT2D eigenvalue weighted by atomic mass is 35.5. The van der Waals surface area contributed by atoms with Gasteiger partial charge in [0.2, 0.25) is 5.91 Å². The molecule has 1 heterocycles. The molecule has 3 rings (SSSR count). The number of thioether (sulfide) groups is 1. The Morgan fingerprint density at radius 1 is 1.08 bits per heavy atom. The molecule has 4 nitrogen and oxygen atoms in total. The zero-order valence-electron chi connectivity index (χ0n) is 14.5. The summed E-state index contributed by atoms with van der Waals surface area (Å²) in [4.78, 5) is 17.7. The topological polar surface area (TPSA) is 35.6 Å². The largest absolute Gasteiger partial charge is 0.369 e. The average Bonchev–Trinajstić information content (AvgIpc) is 2.64. The summed E-state index contributed by atoms with van der Waals surface area (Å²) in [5, 5.41) is 4.13. The van der Waals surface area contributed by atoms with E-state index in [1.54, 1.807) is 18.2 Å². The molecule has 0 bridgehead atoms. The van der Waals surface area contributed by atoms with Gasteiger partial charge in [-0.3, -0.25) is 4.79 Å². The lowest BCUT2D eigenvalue weighted by molar-refractivity contribution is -0.113. The highest BCUT2D eigenvalue weighted by molar-refractivity contribution is 8.00. The Bertz CT molecular complexity index is 762. The van der Waals surface area contributed by atoms with Gasteiger partial charge in [0.1, 0.15) is 0 Å². The summed E-state index contributed by atoms with van der Waals surface area (Å²) in [6.45, 7) is 4.20. The van der Waals surface area contributed by atoms with E-state index >= 15 is 0 Å². The van der Waals surface area contributed by atoms with Crippen molar-refractivity contribution >= 4 is 52.2 Å². The second kappa shape index (κ2) is 9.00. The molecular weight excluding hydrogens is 389 g/mol. The van der Waals surface area contributed by atoms with Crippen LogP contribution in [-0.4, -0.2) is 49.8 Å². The van der Waals surface area contributed by atoms with Gasteiger partial charge in [0.15, 0.2) is 0 Å². The van der Waals surface area contributed by atoms with Crippen LogP contribution in [0.1, 0.15) is 0 Å². The lowest BCUT2D eigenvalue weighted by Gasteiger charge is -2.34.